The zero-order chi connectivity index (χ0) is 18.8. The van der Waals surface area contributed by atoms with Crippen molar-refractivity contribution >= 4 is 10.0 Å². The van der Waals surface area contributed by atoms with Crippen molar-refractivity contribution in [2.45, 2.75) is 31.5 Å². The fraction of sp³-hybridized carbons (Fsp3) is 0.312. The van der Waals surface area contributed by atoms with E-state index in [9.17, 15) is 21.6 Å². The molecule has 0 amide bonds. The third-order valence-corrected chi connectivity index (χ3v) is 5.18. The van der Waals surface area contributed by atoms with Crippen molar-refractivity contribution in [3.05, 3.63) is 52.8 Å². The van der Waals surface area contributed by atoms with Gasteiger partial charge in [-0.05, 0) is 49.2 Å². The van der Waals surface area contributed by atoms with Gasteiger partial charge in [-0.1, -0.05) is 6.07 Å². The molecule has 0 fully saturated rings. The minimum atomic E-state index is -4.59. The van der Waals surface area contributed by atoms with Crippen molar-refractivity contribution in [3.63, 3.8) is 0 Å². The van der Waals surface area contributed by atoms with Gasteiger partial charge in [-0.3, -0.25) is 0 Å². The van der Waals surface area contributed by atoms with Gasteiger partial charge in [-0.25, -0.2) is 18.1 Å². The average Bonchev–Trinajstić information content (AvgIpc) is 2.51. The fourth-order valence-electron chi connectivity index (χ4n) is 2.43. The highest BCUT2D eigenvalue weighted by Crippen LogP contribution is 2.28. The van der Waals surface area contributed by atoms with Crippen LogP contribution in [0.25, 0.3) is 0 Å². The highest BCUT2D eigenvalue weighted by Gasteiger charge is 2.32. The minimum Gasteiger partial charge on any atom is -0.497 e. The topological polar surface area (TPSA) is 68.3 Å². The Balaban J connectivity index is 2.26. The standard InChI is InChI=1S/C16H17F3N2O3S/c1-10-7-13(24-3)8-11(2)15(10)25(22,23)20-9-12-5-4-6-14(21-12)16(17,18)19/h4-8,20H,9H2,1-3H3. The fourth-order valence-corrected chi connectivity index (χ4v) is 3.88. The van der Waals surface area contributed by atoms with E-state index in [1.165, 1.54) is 19.2 Å². The number of benzene rings is 1. The molecule has 9 heteroatoms. The number of rotatable bonds is 5. The Hall–Kier alpha value is -2.13. The number of methoxy groups -OCH3 is 1. The van der Waals surface area contributed by atoms with Crippen LogP contribution in [0.5, 0.6) is 5.75 Å². The molecule has 2 rings (SSSR count). The van der Waals surface area contributed by atoms with E-state index < -0.39 is 21.9 Å². The van der Waals surface area contributed by atoms with Gasteiger partial charge >= 0.3 is 6.18 Å². The molecule has 0 aliphatic rings. The summed E-state index contributed by atoms with van der Waals surface area (Å²) in [4.78, 5) is 3.51. The summed E-state index contributed by atoms with van der Waals surface area (Å²) >= 11 is 0. The number of halogens is 3. The molecular weight excluding hydrogens is 357 g/mol. The summed E-state index contributed by atoms with van der Waals surface area (Å²) in [5, 5.41) is 0. The van der Waals surface area contributed by atoms with E-state index in [1.54, 1.807) is 26.0 Å². The van der Waals surface area contributed by atoms with Crippen LogP contribution in [0, 0.1) is 13.8 Å². The third kappa shape index (κ3) is 4.49. The van der Waals surface area contributed by atoms with Crippen LogP contribution in [0.1, 0.15) is 22.5 Å². The molecule has 0 aliphatic carbocycles. The minimum absolute atomic E-state index is 0.0257. The predicted octanol–water partition coefficient (Wildman–Crippen LogP) is 3.20. The normalized spacial score (nSPS) is 12.2. The highest BCUT2D eigenvalue weighted by atomic mass is 32.2. The predicted molar refractivity (Wildman–Crippen MR) is 85.7 cm³/mol. The second-order valence-electron chi connectivity index (χ2n) is 5.43. The molecule has 5 nitrogen and oxygen atoms in total. The van der Waals surface area contributed by atoms with Crippen LogP contribution in [-0.4, -0.2) is 20.5 Å². The Labute approximate surface area is 143 Å². The summed E-state index contributed by atoms with van der Waals surface area (Å²) in [6, 6.07) is 6.48. The molecule has 0 unspecified atom stereocenters. The number of aromatic nitrogens is 1. The van der Waals surface area contributed by atoms with Crippen LogP contribution in [-0.2, 0) is 22.7 Å². The molecule has 0 atom stereocenters. The molecule has 0 saturated carbocycles. The Bertz CT molecular complexity index is 857. The van der Waals surface area contributed by atoms with E-state index >= 15 is 0 Å². The summed E-state index contributed by atoms with van der Waals surface area (Å²) in [7, 11) is -2.45. The van der Waals surface area contributed by atoms with Crippen LogP contribution >= 0.6 is 0 Å². The zero-order valence-corrected chi connectivity index (χ0v) is 14.6. The lowest BCUT2D eigenvalue weighted by atomic mass is 10.1. The lowest BCUT2D eigenvalue weighted by Crippen LogP contribution is -2.25. The van der Waals surface area contributed by atoms with Gasteiger partial charge in [-0.15, -0.1) is 0 Å². The molecule has 0 saturated heterocycles. The highest BCUT2D eigenvalue weighted by molar-refractivity contribution is 7.89. The first kappa shape index (κ1) is 19.2. The second kappa shape index (κ2) is 7.01. The number of hydrogen-bond donors (Lipinski definition) is 1. The molecule has 0 radical (unpaired) electrons. The first-order valence-corrected chi connectivity index (χ1v) is 8.71. The number of alkyl halides is 3. The van der Waals surface area contributed by atoms with Gasteiger partial charge in [0.25, 0.3) is 0 Å². The first-order chi connectivity index (χ1) is 11.5. The second-order valence-corrected chi connectivity index (χ2v) is 7.13. The van der Waals surface area contributed by atoms with Crippen molar-refractivity contribution in [3.8, 4) is 5.75 Å². The van der Waals surface area contributed by atoms with E-state index in [0.29, 0.717) is 16.9 Å². The van der Waals surface area contributed by atoms with Gasteiger partial charge in [0.15, 0.2) is 0 Å². The molecule has 1 heterocycles. The monoisotopic (exact) mass is 374 g/mol. The maximum Gasteiger partial charge on any atom is 0.433 e. The molecule has 136 valence electrons. The smallest absolute Gasteiger partial charge is 0.433 e. The number of nitrogens with one attached hydrogen (secondary N) is 1. The van der Waals surface area contributed by atoms with Crippen molar-refractivity contribution in [1.82, 2.24) is 9.71 Å². The van der Waals surface area contributed by atoms with Crippen molar-refractivity contribution in [2.75, 3.05) is 7.11 Å². The van der Waals surface area contributed by atoms with Gasteiger partial charge in [-0.2, -0.15) is 13.2 Å². The molecule has 1 aromatic carbocycles. The van der Waals surface area contributed by atoms with E-state index in [4.69, 9.17) is 4.74 Å². The lowest BCUT2D eigenvalue weighted by Gasteiger charge is -2.14. The van der Waals surface area contributed by atoms with E-state index in [2.05, 4.69) is 9.71 Å². The van der Waals surface area contributed by atoms with Crippen LogP contribution in [0.4, 0.5) is 13.2 Å². The Morgan fingerprint density at radius 3 is 2.28 bits per heavy atom. The lowest BCUT2D eigenvalue weighted by molar-refractivity contribution is -0.141. The van der Waals surface area contributed by atoms with Gasteiger partial charge in [0.2, 0.25) is 10.0 Å². The zero-order valence-electron chi connectivity index (χ0n) is 13.8. The van der Waals surface area contributed by atoms with Gasteiger partial charge in [0.05, 0.1) is 24.2 Å². The number of aryl methyl sites for hydroxylation is 2. The third-order valence-electron chi connectivity index (χ3n) is 3.48. The van der Waals surface area contributed by atoms with Crippen LogP contribution < -0.4 is 9.46 Å². The first-order valence-electron chi connectivity index (χ1n) is 7.22. The number of ether oxygens (including phenoxy) is 1. The largest absolute Gasteiger partial charge is 0.497 e. The molecule has 0 aliphatic heterocycles. The number of pyridine rings is 1. The van der Waals surface area contributed by atoms with E-state index in [0.717, 1.165) is 6.07 Å². The maximum absolute atomic E-state index is 12.7. The summed E-state index contributed by atoms with van der Waals surface area (Å²) in [5.41, 5.74) is -0.147. The quantitative estimate of drug-likeness (QED) is 0.873. The molecule has 25 heavy (non-hydrogen) atoms. The maximum atomic E-state index is 12.7. The number of nitrogens with zero attached hydrogens (tertiary/aromatic N) is 1. The molecule has 0 spiro atoms. The van der Waals surface area contributed by atoms with E-state index in [-0.39, 0.29) is 17.1 Å². The number of hydrogen-bond acceptors (Lipinski definition) is 4. The van der Waals surface area contributed by atoms with Crippen molar-refractivity contribution < 1.29 is 26.3 Å². The molecule has 1 aromatic heterocycles. The number of sulfonamides is 1. The molecule has 0 bridgehead atoms. The molecular formula is C16H17F3N2O3S. The molecule has 2 aromatic rings. The summed E-state index contributed by atoms with van der Waals surface area (Å²) in [6.45, 7) is 2.89. The summed E-state index contributed by atoms with van der Waals surface area (Å²) in [5.74, 6) is 0.522. The Morgan fingerprint density at radius 1 is 1.16 bits per heavy atom. The van der Waals surface area contributed by atoms with Crippen LogP contribution in [0.3, 0.4) is 0 Å². The van der Waals surface area contributed by atoms with Crippen molar-refractivity contribution in [1.29, 1.82) is 0 Å². The Morgan fingerprint density at radius 2 is 1.76 bits per heavy atom. The summed E-state index contributed by atoms with van der Waals surface area (Å²) < 4.78 is 70.4. The van der Waals surface area contributed by atoms with Gasteiger partial charge in [0, 0.05) is 0 Å². The summed E-state index contributed by atoms with van der Waals surface area (Å²) in [6.07, 6.45) is -4.59. The van der Waals surface area contributed by atoms with Gasteiger partial charge in [0.1, 0.15) is 11.4 Å². The van der Waals surface area contributed by atoms with E-state index in [1.807, 2.05) is 0 Å². The SMILES string of the molecule is COc1cc(C)c(S(=O)(=O)NCc2cccc(C(F)(F)F)n2)c(C)c1. The van der Waals surface area contributed by atoms with Gasteiger partial charge < -0.3 is 4.74 Å². The molecule has 1 N–H and O–H groups in total. The van der Waals surface area contributed by atoms with Crippen molar-refractivity contribution in [2.24, 2.45) is 0 Å². The van der Waals surface area contributed by atoms with Crippen LogP contribution in [0.2, 0.25) is 0 Å². The Kier molecular flexibility index (Phi) is 5.38. The average molecular weight is 374 g/mol. The van der Waals surface area contributed by atoms with Crippen LogP contribution in [0.15, 0.2) is 35.2 Å².